The summed E-state index contributed by atoms with van der Waals surface area (Å²) in [7, 11) is 0. The summed E-state index contributed by atoms with van der Waals surface area (Å²) < 4.78 is 26.5. The van der Waals surface area contributed by atoms with Gasteiger partial charge in [0.05, 0.1) is 0 Å². The standard InChI is InChI=1S/C21H22F2O/c1-16(24)8-4-2-7-11-20(21(22)23)19-14-12-18(13-15-19)17-9-5-3-6-10-17/h3,5-6,9-10,12-15H,2,4,7-8,11H2,1H3. The summed E-state index contributed by atoms with van der Waals surface area (Å²) in [4.78, 5) is 10.9. The lowest BCUT2D eigenvalue weighted by Crippen LogP contribution is -1.91. The second-order valence-electron chi connectivity index (χ2n) is 5.95. The molecule has 24 heavy (non-hydrogen) atoms. The number of hydrogen-bond acceptors (Lipinski definition) is 1. The maximum atomic E-state index is 13.3. The van der Waals surface area contributed by atoms with E-state index in [0.717, 1.165) is 24.0 Å². The normalized spacial score (nSPS) is 10.5. The Kier molecular flexibility index (Phi) is 6.86. The predicted molar refractivity (Wildman–Crippen MR) is 94.8 cm³/mol. The van der Waals surface area contributed by atoms with E-state index in [0.29, 0.717) is 24.8 Å². The van der Waals surface area contributed by atoms with Crippen molar-refractivity contribution in [3.63, 3.8) is 0 Å². The van der Waals surface area contributed by atoms with Gasteiger partial charge in [0.25, 0.3) is 6.08 Å². The SMILES string of the molecule is CC(=O)CCCCCC(=C(F)F)c1ccc(-c2ccccc2)cc1. The van der Waals surface area contributed by atoms with E-state index in [1.54, 1.807) is 19.1 Å². The molecule has 0 fully saturated rings. The first kappa shape index (κ1) is 18.1. The Hall–Kier alpha value is -2.29. The van der Waals surface area contributed by atoms with Gasteiger partial charge in [0.15, 0.2) is 0 Å². The fourth-order valence-electron chi connectivity index (χ4n) is 2.69. The molecule has 0 unspecified atom stereocenters. The molecule has 0 spiro atoms. The van der Waals surface area contributed by atoms with E-state index < -0.39 is 6.08 Å². The van der Waals surface area contributed by atoms with Crippen molar-refractivity contribution in [2.24, 2.45) is 0 Å². The molecule has 0 aliphatic rings. The molecule has 0 amide bonds. The molecule has 2 aromatic carbocycles. The number of ketones is 1. The van der Waals surface area contributed by atoms with E-state index in [1.807, 2.05) is 42.5 Å². The van der Waals surface area contributed by atoms with Crippen LogP contribution in [0.3, 0.4) is 0 Å². The highest BCUT2D eigenvalue weighted by atomic mass is 19.3. The van der Waals surface area contributed by atoms with Crippen LogP contribution >= 0.6 is 0 Å². The van der Waals surface area contributed by atoms with Crippen molar-refractivity contribution in [3.05, 3.63) is 66.2 Å². The molecule has 0 N–H and O–H groups in total. The predicted octanol–water partition coefficient (Wildman–Crippen LogP) is 6.50. The molecule has 0 radical (unpaired) electrons. The molecule has 2 rings (SSSR count). The molecule has 0 saturated carbocycles. The van der Waals surface area contributed by atoms with Gasteiger partial charge in [0.2, 0.25) is 0 Å². The van der Waals surface area contributed by atoms with E-state index in [2.05, 4.69) is 0 Å². The zero-order chi connectivity index (χ0) is 17.4. The van der Waals surface area contributed by atoms with Crippen molar-refractivity contribution in [3.8, 4) is 11.1 Å². The minimum absolute atomic E-state index is 0.109. The number of Topliss-reactive ketones (excluding diaryl/α,β-unsaturated/α-hetero) is 1. The molecule has 0 heterocycles. The molecule has 0 aromatic heterocycles. The summed E-state index contributed by atoms with van der Waals surface area (Å²) in [6.45, 7) is 1.56. The summed E-state index contributed by atoms with van der Waals surface area (Å²) in [6, 6.07) is 17.1. The van der Waals surface area contributed by atoms with E-state index in [9.17, 15) is 13.6 Å². The molecular weight excluding hydrogens is 306 g/mol. The monoisotopic (exact) mass is 328 g/mol. The van der Waals surface area contributed by atoms with Crippen LogP contribution in [0.1, 0.15) is 44.6 Å². The van der Waals surface area contributed by atoms with E-state index >= 15 is 0 Å². The highest BCUT2D eigenvalue weighted by molar-refractivity contribution is 5.75. The van der Waals surface area contributed by atoms with Crippen LogP contribution < -0.4 is 0 Å². The van der Waals surface area contributed by atoms with Crippen molar-refractivity contribution in [1.29, 1.82) is 0 Å². The third-order valence-corrected chi connectivity index (χ3v) is 4.02. The first-order valence-electron chi connectivity index (χ1n) is 8.27. The number of allylic oxidation sites excluding steroid dienone is 1. The number of hydrogen-bond donors (Lipinski definition) is 0. The Balaban J connectivity index is 2.01. The summed E-state index contributed by atoms with van der Waals surface area (Å²) >= 11 is 0. The van der Waals surface area contributed by atoms with Crippen LogP contribution in [0, 0.1) is 0 Å². The lowest BCUT2D eigenvalue weighted by atomic mass is 9.97. The summed E-state index contributed by atoms with van der Waals surface area (Å²) in [5, 5.41) is 0. The van der Waals surface area contributed by atoms with Crippen molar-refractivity contribution in [1.82, 2.24) is 0 Å². The Bertz CT molecular complexity index is 684. The molecule has 0 aliphatic heterocycles. The molecular formula is C21H22F2O. The van der Waals surface area contributed by atoms with Gasteiger partial charge in [-0.2, -0.15) is 8.78 Å². The van der Waals surface area contributed by atoms with Gasteiger partial charge in [-0.05, 0) is 42.9 Å². The first-order chi connectivity index (χ1) is 11.6. The van der Waals surface area contributed by atoms with Crippen LogP contribution in [-0.4, -0.2) is 5.78 Å². The second-order valence-corrected chi connectivity index (χ2v) is 5.95. The van der Waals surface area contributed by atoms with Crippen LogP contribution in [0.5, 0.6) is 0 Å². The molecule has 126 valence electrons. The third-order valence-electron chi connectivity index (χ3n) is 4.02. The minimum atomic E-state index is -1.62. The zero-order valence-corrected chi connectivity index (χ0v) is 13.9. The topological polar surface area (TPSA) is 17.1 Å². The van der Waals surface area contributed by atoms with Gasteiger partial charge >= 0.3 is 0 Å². The molecule has 3 heteroatoms. The molecule has 1 nitrogen and oxygen atoms in total. The minimum Gasteiger partial charge on any atom is -0.300 e. The van der Waals surface area contributed by atoms with E-state index in [4.69, 9.17) is 0 Å². The second kappa shape index (κ2) is 9.11. The largest absolute Gasteiger partial charge is 0.300 e. The van der Waals surface area contributed by atoms with Gasteiger partial charge in [-0.1, -0.05) is 61.0 Å². The molecule has 0 saturated heterocycles. The molecule has 2 aromatic rings. The summed E-state index contributed by atoms with van der Waals surface area (Å²) in [5.41, 5.74) is 2.76. The van der Waals surface area contributed by atoms with Crippen molar-refractivity contribution >= 4 is 11.4 Å². The van der Waals surface area contributed by atoms with E-state index in [1.165, 1.54) is 0 Å². The zero-order valence-electron chi connectivity index (χ0n) is 13.9. The number of benzene rings is 2. The number of rotatable bonds is 8. The van der Waals surface area contributed by atoms with E-state index in [-0.39, 0.29) is 11.4 Å². The molecule has 0 atom stereocenters. The fraction of sp³-hybridized carbons (Fsp3) is 0.286. The summed E-state index contributed by atoms with van der Waals surface area (Å²) in [6.07, 6.45) is 1.48. The number of halogens is 2. The van der Waals surface area contributed by atoms with Crippen molar-refractivity contribution in [2.45, 2.75) is 39.0 Å². The Labute approximate surface area is 142 Å². The smallest absolute Gasteiger partial charge is 0.274 e. The highest BCUT2D eigenvalue weighted by Crippen LogP contribution is 2.29. The Morgan fingerprint density at radius 1 is 0.792 bits per heavy atom. The molecule has 0 aliphatic carbocycles. The van der Waals surface area contributed by atoms with Crippen LogP contribution in [0.2, 0.25) is 0 Å². The van der Waals surface area contributed by atoms with Crippen molar-refractivity contribution in [2.75, 3.05) is 0 Å². The average molecular weight is 328 g/mol. The number of unbranched alkanes of at least 4 members (excludes halogenated alkanes) is 2. The molecule has 0 bridgehead atoms. The Morgan fingerprint density at radius 2 is 1.38 bits per heavy atom. The van der Waals surface area contributed by atoms with Gasteiger partial charge in [-0.15, -0.1) is 0 Å². The number of carbonyl (C=O) groups excluding carboxylic acids is 1. The van der Waals surface area contributed by atoms with Crippen LogP contribution in [0.4, 0.5) is 8.78 Å². The average Bonchev–Trinajstić information content (AvgIpc) is 2.58. The third kappa shape index (κ3) is 5.41. The van der Waals surface area contributed by atoms with Gasteiger partial charge in [-0.25, -0.2) is 0 Å². The quantitative estimate of drug-likeness (QED) is 0.505. The fourth-order valence-corrected chi connectivity index (χ4v) is 2.69. The highest BCUT2D eigenvalue weighted by Gasteiger charge is 2.10. The van der Waals surface area contributed by atoms with Gasteiger partial charge in [0, 0.05) is 12.0 Å². The lowest BCUT2D eigenvalue weighted by Gasteiger charge is -2.08. The summed E-state index contributed by atoms with van der Waals surface area (Å²) in [5.74, 6) is 0.152. The maximum Gasteiger partial charge on any atom is 0.274 e. The number of carbonyl (C=O) groups is 1. The van der Waals surface area contributed by atoms with Crippen LogP contribution in [0.25, 0.3) is 16.7 Å². The van der Waals surface area contributed by atoms with Crippen LogP contribution in [-0.2, 0) is 4.79 Å². The first-order valence-corrected chi connectivity index (χ1v) is 8.27. The van der Waals surface area contributed by atoms with Gasteiger partial charge in [0.1, 0.15) is 5.78 Å². The van der Waals surface area contributed by atoms with Crippen molar-refractivity contribution < 1.29 is 13.6 Å². The van der Waals surface area contributed by atoms with Gasteiger partial charge in [-0.3, -0.25) is 0 Å². The van der Waals surface area contributed by atoms with Gasteiger partial charge < -0.3 is 4.79 Å². The van der Waals surface area contributed by atoms with Crippen LogP contribution in [0.15, 0.2) is 60.7 Å². The maximum absolute atomic E-state index is 13.3. The lowest BCUT2D eigenvalue weighted by molar-refractivity contribution is -0.117. The Morgan fingerprint density at radius 3 is 1.96 bits per heavy atom.